The quantitative estimate of drug-likeness (QED) is 0.287. The summed E-state index contributed by atoms with van der Waals surface area (Å²) in [6.45, 7) is -0.0624. The first-order valence-electron chi connectivity index (χ1n) is 14.0. The molecule has 4 saturated carbocycles. The minimum absolute atomic E-state index is 0.0151. The van der Waals surface area contributed by atoms with Crippen LogP contribution in [0.4, 0.5) is 4.79 Å². The Kier molecular flexibility index (Phi) is 7.39. The van der Waals surface area contributed by atoms with E-state index in [0.717, 1.165) is 33.9 Å². The normalized spacial score (nSPS) is 27.1. The Morgan fingerprint density at radius 3 is 2.34 bits per heavy atom. The van der Waals surface area contributed by atoms with E-state index in [0.29, 0.717) is 29.7 Å². The van der Waals surface area contributed by atoms with Gasteiger partial charge < -0.3 is 25.5 Å². The number of rotatable bonds is 9. The van der Waals surface area contributed by atoms with E-state index in [-0.39, 0.29) is 24.8 Å². The first kappa shape index (κ1) is 25.4. The van der Waals surface area contributed by atoms with E-state index in [2.05, 4.69) is 21.7 Å². The number of nitrogens with one attached hydrogen (secondary N) is 3. The molecule has 1 amide bonds. The second kappa shape index (κ2) is 11.1. The average Bonchev–Trinajstić information content (AvgIpc) is 3.33. The van der Waals surface area contributed by atoms with E-state index in [1.165, 1.54) is 32.1 Å². The summed E-state index contributed by atoms with van der Waals surface area (Å²) in [7, 11) is 0. The van der Waals surface area contributed by atoms with Crippen molar-refractivity contribution < 1.29 is 14.6 Å². The van der Waals surface area contributed by atoms with Gasteiger partial charge in [0.15, 0.2) is 0 Å². The van der Waals surface area contributed by atoms with Crippen LogP contribution in [0.5, 0.6) is 0 Å². The maximum atomic E-state index is 13.3. The number of aromatic amines is 1. The highest BCUT2D eigenvalue weighted by Crippen LogP contribution is 2.54. The number of carbonyl (C=O) groups is 1. The van der Waals surface area contributed by atoms with E-state index in [9.17, 15) is 9.90 Å². The molecule has 0 spiro atoms. The molecular formula is C31H37N3O3S. The molecule has 6 nitrogen and oxygen atoms in total. The van der Waals surface area contributed by atoms with Gasteiger partial charge in [-0.25, -0.2) is 4.79 Å². The molecule has 7 rings (SSSR count). The maximum Gasteiger partial charge on any atom is 0.408 e. The standard InChI is InChI=1S/C31H37N3O3S/c35-18-25(15-19-6-2-1-3-7-19)33-30(38)28(16-24-17-32-27-9-5-4-8-26(24)27)34-31(36)37-29-22-11-20-10-21(13-22)14-23(29)12-20/h1-9,17,20-23,25,28-29,32,35H,10-16,18H2,(H,33,38)(H,34,36)/t20?,21?,22?,23?,25-,28+,29?/m0/s1. The molecule has 0 aliphatic heterocycles. The number of carbonyl (C=O) groups excluding carboxylic acids is 1. The van der Waals surface area contributed by atoms with Gasteiger partial charge in [-0.1, -0.05) is 60.7 Å². The first-order chi connectivity index (χ1) is 18.6. The number of thiocarbonyl (C=S) groups is 1. The summed E-state index contributed by atoms with van der Waals surface area (Å²) in [5.41, 5.74) is 3.24. The number of alkyl carbamates (subject to hydrolysis) is 1. The molecule has 0 unspecified atom stereocenters. The van der Waals surface area contributed by atoms with E-state index in [1.807, 2.05) is 54.7 Å². The predicted molar refractivity (Wildman–Crippen MR) is 153 cm³/mol. The van der Waals surface area contributed by atoms with Gasteiger partial charge in [0.1, 0.15) is 6.10 Å². The topological polar surface area (TPSA) is 86.4 Å². The van der Waals surface area contributed by atoms with Crippen molar-refractivity contribution in [1.29, 1.82) is 0 Å². The van der Waals surface area contributed by atoms with Crippen molar-refractivity contribution in [1.82, 2.24) is 15.6 Å². The molecule has 2 atom stereocenters. The molecule has 0 radical (unpaired) electrons. The number of ether oxygens (including phenoxy) is 1. The van der Waals surface area contributed by atoms with Crippen LogP contribution in [0, 0.1) is 23.7 Å². The van der Waals surface area contributed by atoms with Crippen LogP contribution in [0.3, 0.4) is 0 Å². The minimum Gasteiger partial charge on any atom is -0.446 e. The van der Waals surface area contributed by atoms with Crippen LogP contribution in [0.1, 0.15) is 43.2 Å². The zero-order valence-electron chi connectivity index (χ0n) is 21.6. The van der Waals surface area contributed by atoms with Crippen molar-refractivity contribution in [2.45, 2.75) is 63.1 Å². The van der Waals surface area contributed by atoms with Gasteiger partial charge in [0.2, 0.25) is 0 Å². The van der Waals surface area contributed by atoms with Crippen LogP contribution in [-0.2, 0) is 17.6 Å². The molecule has 4 N–H and O–H groups in total. The molecule has 4 fully saturated rings. The molecule has 4 aliphatic rings. The van der Waals surface area contributed by atoms with Gasteiger partial charge >= 0.3 is 6.09 Å². The van der Waals surface area contributed by atoms with Crippen molar-refractivity contribution in [2.24, 2.45) is 23.7 Å². The Labute approximate surface area is 229 Å². The number of aliphatic hydroxyl groups excluding tert-OH is 1. The van der Waals surface area contributed by atoms with Crippen LogP contribution in [0.25, 0.3) is 10.9 Å². The van der Waals surface area contributed by atoms with Gasteiger partial charge in [0.25, 0.3) is 0 Å². The van der Waals surface area contributed by atoms with Crippen LogP contribution in [0.2, 0.25) is 0 Å². The molecule has 7 heteroatoms. The second-order valence-electron chi connectivity index (χ2n) is 11.6. The third-order valence-electron chi connectivity index (χ3n) is 8.98. The largest absolute Gasteiger partial charge is 0.446 e. The lowest BCUT2D eigenvalue weighted by molar-refractivity contribution is -0.0962. The molecule has 200 valence electrons. The summed E-state index contributed by atoms with van der Waals surface area (Å²) >= 11 is 5.85. The fourth-order valence-corrected chi connectivity index (χ4v) is 7.77. The zero-order valence-corrected chi connectivity index (χ0v) is 22.5. The van der Waals surface area contributed by atoms with Gasteiger partial charge in [-0.2, -0.15) is 0 Å². The number of fused-ring (bicyclic) bond motifs is 1. The SMILES string of the molecule is O=C(N[C@H](Cc1c[nH]c2ccccc12)C(=S)N[C@H](CO)Cc1ccccc1)OC1C2CC3CC(C2)CC1C3. The van der Waals surface area contributed by atoms with Gasteiger partial charge in [0, 0.05) is 23.5 Å². The van der Waals surface area contributed by atoms with Crippen molar-refractivity contribution in [2.75, 3.05) is 6.61 Å². The van der Waals surface area contributed by atoms with Crippen molar-refractivity contribution in [3.8, 4) is 0 Å². The number of amides is 1. The van der Waals surface area contributed by atoms with E-state index in [4.69, 9.17) is 17.0 Å². The summed E-state index contributed by atoms with van der Waals surface area (Å²) in [6, 6.07) is 17.5. The lowest BCUT2D eigenvalue weighted by Gasteiger charge is -2.53. The third-order valence-corrected chi connectivity index (χ3v) is 9.38. The number of aliphatic hydroxyl groups is 1. The summed E-state index contributed by atoms with van der Waals surface area (Å²) in [5, 5.41) is 17.7. The maximum absolute atomic E-state index is 13.3. The summed E-state index contributed by atoms with van der Waals surface area (Å²) < 4.78 is 6.15. The highest BCUT2D eigenvalue weighted by Gasteiger charge is 2.50. The van der Waals surface area contributed by atoms with E-state index < -0.39 is 6.04 Å². The van der Waals surface area contributed by atoms with E-state index >= 15 is 0 Å². The lowest BCUT2D eigenvalue weighted by atomic mass is 9.55. The molecule has 4 bridgehead atoms. The van der Waals surface area contributed by atoms with Crippen LogP contribution < -0.4 is 10.6 Å². The first-order valence-corrected chi connectivity index (χ1v) is 14.4. The van der Waals surface area contributed by atoms with Crippen LogP contribution in [-0.4, -0.2) is 46.0 Å². The van der Waals surface area contributed by atoms with Gasteiger partial charge in [-0.05, 0) is 79.4 Å². The average molecular weight is 532 g/mol. The Morgan fingerprint density at radius 2 is 1.63 bits per heavy atom. The Bertz CT molecular complexity index is 1250. The Hall–Kier alpha value is -2.90. The van der Waals surface area contributed by atoms with Gasteiger partial charge in [-0.15, -0.1) is 0 Å². The molecule has 1 heterocycles. The van der Waals surface area contributed by atoms with Crippen LogP contribution >= 0.6 is 12.2 Å². The highest BCUT2D eigenvalue weighted by atomic mass is 32.1. The monoisotopic (exact) mass is 531 g/mol. The zero-order chi connectivity index (χ0) is 26.1. The minimum atomic E-state index is -0.460. The summed E-state index contributed by atoms with van der Waals surface area (Å²) in [4.78, 5) is 17.1. The second-order valence-corrected chi connectivity index (χ2v) is 12.1. The predicted octanol–water partition coefficient (Wildman–Crippen LogP) is 5.15. The molecule has 2 aromatic carbocycles. The Morgan fingerprint density at radius 1 is 0.947 bits per heavy atom. The lowest BCUT2D eigenvalue weighted by Crippen LogP contribution is -2.54. The summed E-state index contributed by atoms with van der Waals surface area (Å²) in [5.74, 6) is 2.65. The van der Waals surface area contributed by atoms with Gasteiger partial charge in [0.05, 0.1) is 23.7 Å². The molecule has 3 aromatic rings. The van der Waals surface area contributed by atoms with Crippen molar-refractivity contribution >= 4 is 34.2 Å². The fourth-order valence-electron chi connectivity index (χ4n) is 7.46. The number of para-hydroxylation sites is 1. The molecular weight excluding hydrogens is 494 g/mol. The summed E-state index contributed by atoms with van der Waals surface area (Å²) in [6.07, 6.45) is 8.92. The molecule has 1 aromatic heterocycles. The van der Waals surface area contributed by atoms with Gasteiger partial charge in [-0.3, -0.25) is 0 Å². The third kappa shape index (κ3) is 5.45. The smallest absolute Gasteiger partial charge is 0.408 e. The number of benzene rings is 2. The molecule has 4 aliphatic carbocycles. The highest BCUT2D eigenvalue weighted by molar-refractivity contribution is 7.80. The number of H-pyrrole nitrogens is 1. The number of hydrogen-bond donors (Lipinski definition) is 4. The number of hydrogen-bond acceptors (Lipinski definition) is 4. The van der Waals surface area contributed by atoms with Crippen molar-refractivity contribution in [3.05, 3.63) is 71.9 Å². The Balaban J connectivity index is 1.16. The van der Waals surface area contributed by atoms with E-state index in [1.54, 1.807) is 0 Å². The van der Waals surface area contributed by atoms with Crippen molar-refractivity contribution in [3.63, 3.8) is 0 Å². The molecule has 38 heavy (non-hydrogen) atoms. The van der Waals surface area contributed by atoms with Crippen LogP contribution in [0.15, 0.2) is 60.8 Å². The molecule has 0 saturated heterocycles. The fraction of sp³-hybridized carbons (Fsp3) is 0.484. The number of aromatic nitrogens is 1.